The highest BCUT2D eigenvalue weighted by atomic mass is 16.2. The minimum atomic E-state index is 0.116. The average molecular weight is 156 g/mol. The van der Waals surface area contributed by atoms with Gasteiger partial charge in [0.2, 0.25) is 5.91 Å². The van der Waals surface area contributed by atoms with Crippen LogP contribution in [-0.4, -0.2) is 25.0 Å². The molecule has 1 unspecified atom stereocenters. The van der Waals surface area contributed by atoms with Crippen molar-refractivity contribution in [2.45, 2.75) is 26.3 Å². The number of hydrogen-bond donors (Lipinski definition) is 2. The summed E-state index contributed by atoms with van der Waals surface area (Å²) in [5.41, 5.74) is 0. The van der Waals surface area contributed by atoms with Crippen molar-refractivity contribution in [2.24, 2.45) is 5.92 Å². The molecule has 2 N–H and O–H groups in total. The maximum atomic E-state index is 10.7. The van der Waals surface area contributed by atoms with E-state index in [2.05, 4.69) is 24.5 Å². The summed E-state index contributed by atoms with van der Waals surface area (Å²) in [6.07, 6.45) is 1.14. The molecule has 1 rings (SSSR count). The first-order valence-electron chi connectivity index (χ1n) is 4.18. The molecule has 1 aliphatic rings. The Hall–Kier alpha value is -0.570. The first-order valence-corrected chi connectivity index (χ1v) is 4.18. The second-order valence-electron chi connectivity index (χ2n) is 3.51. The van der Waals surface area contributed by atoms with Crippen LogP contribution in [0.3, 0.4) is 0 Å². The minimum Gasteiger partial charge on any atom is -0.353 e. The lowest BCUT2D eigenvalue weighted by atomic mass is 10.0. The monoisotopic (exact) mass is 156 g/mol. The zero-order valence-electron chi connectivity index (χ0n) is 7.18. The summed E-state index contributed by atoms with van der Waals surface area (Å²) in [7, 11) is 0. The molecule has 3 heteroatoms. The van der Waals surface area contributed by atoms with E-state index in [0.717, 1.165) is 13.0 Å². The topological polar surface area (TPSA) is 41.1 Å². The zero-order valence-corrected chi connectivity index (χ0v) is 7.18. The highest BCUT2D eigenvalue weighted by Crippen LogP contribution is 2.04. The predicted octanol–water partition coefficient (Wildman–Crippen LogP) is 0.120. The smallest absolute Gasteiger partial charge is 0.234 e. The summed E-state index contributed by atoms with van der Waals surface area (Å²) >= 11 is 0. The van der Waals surface area contributed by atoms with Gasteiger partial charge in [0, 0.05) is 12.6 Å². The van der Waals surface area contributed by atoms with E-state index in [1.54, 1.807) is 0 Å². The van der Waals surface area contributed by atoms with E-state index >= 15 is 0 Å². The Morgan fingerprint density at radius 1 is 1.64 bits per heavy atom. The van der Waals surface area contributed by atoms with Crippen LogP contribution in [0.1, 0.15) is 20.3 Å². The Morgan fingerprint density at radius 2 is 2.36 bits per heavy atom. The summed E-state index contributed by atoms with van der Waals surface area (Å²) in [5.74, 6) is 0.813. The van der Waals surface area contributed by atoms with Crippen LogP contribution in [-0.2, 0) is 4.79 Å². The molecule has 3 nitrogen and oxygen atoms in total. The van der Waals surface area contributed by atoms with Crippen molar-refractivity contribution in [3.05, 3.63) is 0 Å². The molecule has 0 radical (unpaired) electrons. The third-order valence-electron chi connectivity index (χ3n) is 1.85. The van der Waals surface area contributed by atoms with E-state index in [1.165, 1.54) is 0 Å². The molecule has 1 atom stereocenters. The van der Waals surface area contributed by atoms with Crippen molar-refractivity contribution in [3.8, 4) is 0 Å². The summed E-state index contributed by atoms with van der Waals surface area (Å²) in [6, 6.07) is 0.479. The van der Waals surface area contributed by atoms with Crippen LogP contribution in [0.15, 0.2) is 0 Å². The molecule has 1 saturated heterocycles. The van der Waals surface area contributed by atoms with Gasteiger partial charge in [0.15, 0.2) is 0 Å². The maximum Gasteiger partial charge on any atom is 0.234 e. The molecule has 0 bridgehead atoms. The van der Waals surface area contributed by atoms with Crippen molar-refractivity contribution >= 4 is 5.91 Å². The Labute approximate surface area is 67.5 Å². The number of piperazine rings is 1. The molecule has 1 heterocycles. The lowest BCUT2D eigenvalue weighted by Gasteiger charge is -2.25. The van der Waals surface area contributed by atoms with E-state index in [0.29, 0.717) is 18.5 Å². The van der Waals surface area contributed by atoms with Gasteiger partial charge in [-0.15, -0.1) is 0 Å². The Morgan fingerprint density at radius 3 is 2.82 bits per heavy atom. The second kappa shape index (κ2) is 3.72. The Balaban J connectivity index is 2.22. The first kappa shape index (κ1) is 8.53. The molecular formula is C8H16N2O. The normalized spacial score (nSPS) is 25.4. The van der Waals surface area contributed by atoms with Gasteiger partial charge in [-0.1, -0.05) is 13.8 Å². The van der Waals surface area contributed by atoms with Gasteiger partial charge < -0.3 is 10.6 Å². The van der Waals surface area contributed by atoms with Gasteiger partial charge in [0.05, 0.1) is 6.54 Å². The molecule has 0 aliphatic carbocycles. The summed E-state index contributed by atoms with van der Waals surface area (Å²) < 4.78 is 0. The largest absolute Gasteiger partial charge is 0.353 e. The lowest BCUT2D eigenvalue weighted by Crippen LogP contribution is -2.52. The van der Waals surface area contributed by atoms with Gasteiger partial charge in [0.1, 0.15) is 0 Å². The molecule has 0 aromatic heterocycles. The van der Waals surface area contributed by atoms with Gasteiger partial charge in [-0.2, -0.15) is 0 Å². The Bertz CT molecular complexity index is 135. The van der Waals surface area contributed by atoms with Crippen LogP contribution in [0.2, 0.25) is 0 Å². The first-order chi connectivity index (χ1) is 5.18. The van der Waals surface area contributed by atoms with Crippen LogP contribution in [0.25, 0.3) is 0 Å². The molecule has 0 spiro atoms. The van der Waals surface area contributed by atoms with Crippen molar-refractivity contribution < 1.29 is 4.79 Å². The van der Waals surface area contributed by atoms with Crippen LogP contribution in [0.4, 0.5) is 0 Å². The van der Waals surface area contributed by atoms with Gasteiger partial charge in [-0.3, -0.25) is 4.79 Å². The van der Waals surface area contributed by atoms with E-state index in [9.17, 15) is 4.79 Å². The maximum absolute atomic E-state index is 10.7. The lowest BCUT2D eigenvalue weighted by molar-refractivity contribution is -0.121. The van der Waals surface area contributed by atoms with Gasteiger partial charge >= 0.3 is 0 Å². The molecule has 1 amide bonds. The number of carbonyl (C=O) groups excluding carboxylic acids is 1. The number of amides is 1. The fourth-order valence-electron chi connectivity index (χ4n) is 1.34. The number of nitrogens with one attached hydrogen (secondary N) is 2. The molecule has 64 valence electrons. The molecule has 0 aromatic carbocycles. The molecule has 11 heavy (non-hydrogen) atoms. The molecule has 1 aliphatic heterocycles. The third-order valence-corrected chi connectivity index (χ3v) is 1.85. The highest BCUT2D eigenvalue weighted by molar-refractivity contribution is 5.78. The standard InChI is InChI=1S/C8H16N2O/c1-6(2)3-7-4-10-8(11)5-9-7/h6-7,9H,3-5H2,1-2H3,(H,10,11). The molecular weight excluding hydrogens is 140 g/mol. The quantitative estimate of drug-likeness (QED) is 0.596. The summed E-state index contributed by atoms with van der Waals surface area (Å²) in [5, 5.41) is 6.02. The van der Waals surface area contributed by atoms with Crippen molar-refractivity contribution in [1.82, 2.24) is 10.6 Å². The van der Waals surface area contributed by atoms with Gasteiger partial charge in [-0.05, 0) is 12.3 Å². The summed E-state index contributed by atoms with van der Waals surface area (Å²) in [4.78, 5) is 10.7. The van der Waals surface area contributed by atoms with Crippen molar-refractivity contribution in [1.29, 1.82) is 0 Å². The van der Waals surface area contributed by atoms with Crippen molar-refractivity contribution in [2.75, 3.05) is 13.1 Å². The van der Waals surface area contributed by atoms with E-state index in [4.69, 9.17) is 0 Å². The molecule has 1 fully saturated rings. The van der Waals surface area contributed by atoms with Crippen molar-refractivity contribution in [3.63, 3.8) is 0 Å². The predicted molar refractivity (Wildman–Crippen MR) is 44.3 cm³/mol. The van der Waals surface area contributed by atoms with E-state index in [1.807, 2.05) is 0 Å². The number of carbonyl (C=O) groups is 1. The van der Waals surface area contributed by atoms with E-state index < -0.39 is 0 Å². The van der Waals surface area contributed by atoms with Crippen LogP contribution in [0, 0.1) is 5.92 Å². The van der Waals surface area contributed by atoms with Crippen LogP contribution < -0.4 is 10.6 Å². The van der Waals surface area contributed by atoms with Gasteiger partial charge in [0.25, 0.3) is 0 Å². The number of hydrogen-bond acceptors (Lipinski definition) is 2. The van der Waals surface area contributed by atoms with E-state index in [-0.39, 0.29) is 5.91 Å². The Kier molecular flexibility index (Phi) is 2.88. The molecule has 0 aromatic rings. The highest BCUT2D eigenvalue weighted by Gasteiger charge is 2.17. The third kappa shape index (κ3) is 2.89. The average Bonchev–Trinajstić information content (AvgIpc) is 1.93. The van der Waals surface area contributed by atoms with Crippen LogP contribution >= 0.6 is 0 Å². The van der Waals surface area contributed by atoms with Gasteiger partial charge in [-0.25, -0.2) is 0 Å². The minimum absolute atomic E-state index is 0.116. The van der Waals surface area contributed by atoms with Crippen LogP contribution in [0.5, 0.6) is 0 Å². The number of rotatable bonds is 2. The summed E-state index contributed by atoms with van der Waals surface area (Å²) in [6.45, 7) is 5.66. The fraction of sp³-hybridized carbons (Fsp3) is 0.875. The molecule has 0 saturated carbocycles. The second-order valence-corrected chi connectivity index (χ2v) is 3.51. The fourth-order valence-corrected chi connectivity index (χ4v) is 1.34. The SMILES string of the molecule is CC(C)CC1CNC(=O)CN1. The zero-order chi connectivity index (χ0) is 8.27.